The summed E-state index contributed by atoms with van der Waals surface area (Å²) in [4.78, 5) is 18.9. The quantitative estimate of drug-likeness (QED) is 0.284. The number of carbonyl (C=O) groups excluding carboxylic acids is 1. The minimum Gasteiger partial charge on any atom is -0.307 e. The predicted octanol–water partition coefficient (Wildman–Crippen LogP) is 9.02. The molecule has 0 radical (unpaired) electrons. The predicted molar refractivity (Wildman–Crippen MR) is 145 cm³/mol. The molecule has 0 unspecified atom stereocenters. The molecule has 1 heterocycles. The Morgan fingerprint density at radius 2 is 1.44 bits per heavy atom. The maximum atomic E-state index is 13.3. The summed E-state index contributed by atoms with van der Waals surface area (Å²) >= 11 is 8.02. The molecule has 34 heavy (non-hydrogen) atoms. The first-order valence-electron chi connectivity index (χ1n) is 11.4. The number of thiazole rings is 1. The van der Waals surface area contributed by atoms with E-state index in [2.05, 4.69) is 56.5 Å². The second-order valence-corrected chi connectivity index (χ2v) is 10.1. The fraction of sp³-hybridized carbons (Fsp3) is 0.214. The lowest BCUT2D eigenvalue weighted by Gasteiger charge is -2.20. The third-order valence-electron chi connectivity index (χ3n) is 5.61. The normalized spacial score (nSPS) is 11.1. The first-order valence-corrected chi connectivity index (χ1v) is 12.6. The monoisotopic (exact) mass is 489 g/mol. The molecular formula is C28H28ClN3OS. The standard InChI is InChI=1S/C28H28ClN3OS/c1-17(2)20-14-10-15-21(18(3)4)24(20)30-28(33)32-26-25(22-13-8-9-16-23(22)29)34-27(31-26)19-11-6-5-7-12-19/h5-18H,1-4H3,(H2,30,32,33). The van der Waals surface area contributed by atoms with Crippen molar-refractivity contribution in [2.75, 3.05) is 10.6 Å². The van der Waals surface area contributed by atoms with Gasteiger partial charge in [-0.05, 0) is 29.0 Å². The van der Waals surface area contributed by atoms with Gasteiger partial charge in [-0.2, -0.15) is 0 Å². The van der Waals surface area contributed by atoms with Gasteiger partial charge in [0.1, 0.15) is 5.01 Å². The van der Waals surface area contributed by atoms with E-state index >= 15 is 0 Å². The van der Waals surface area contributed by atoms with Gasteiger partial charge in [0.25, 0.3) is 0 Å². The van der Waals surface area contributed by atoms with Gasteiger partial charge in [-0.1, -0.05) is 106 Å². The van der Waals surface area contributed by atoms with Crippen LogP contribution < -0.4 is 10.6 Å². The van der Waals surface area contributed by atoms with Crippen molar-refractivity contribution in [3.05, 3.63) is 88.9 Å². The zero-order valence-corrected chi connectivity index (χ0v) is 21.3. The molecule has 0 saturated heterocycles. The number of halogens is 1. The van der Waals surface area contributed by atoms with E-state index in [0.29, 0.717) is 10.8 Å². The third-order valence-corrected chi connectivity index (χ3v) is 7.08. The summed E-state index contributed by atoms with van der Waals surface area (Å²) in [6, 6.07) is 23.4. The average Bonchev–Trinajstić information content (AvgIpc) is 3.23. The zero-order valence-electron chi connectivity index (χ0n) is 19.7. The number of urea groups is 1. The number of benzene rings is 3. The number of para-hydroxylation sites is 1. The van der Waals surface area contributed by atoms with Gasteiger partial charge in [-0.3, -0.25) is 5.32 Å². The van der Waals surface area contributed by atoms with Gasteiger partial charge in [0, 0.05) is 21.8 Å². The van der Waals surface area contributed by atoms with Crippen LogP contribution in [0.4, 0.5) is 16.3 Å². The molecule has 6 heteroatoms. The highest BCUT2D eigenvalue weighted by Crippen LogP contribution is 2.41. The highest BCUT2D eigenvalue weighted by molar-refractivity contribution is 7.19. The first kappa shape index (κ1) is 24.0. The van der Waals surface area contributed by atoms with Gasteiger partial charge >= 0.3 is 6.03 Å². The Hall–Kier alpha value is -3.15. The van der Waals surface area contributed by atoms with E-state index in [1.807, 2.05) is 54.6 Å². The van der Waals surface area contributed by atoms with E-state index in [0.717, 1.165) is 37.8 Å². The van der Waals surface area contributed by atoms with Crippen LogP contribution in [0.3, 0.4) is 0 Å². The summed E-state index contributed by atoms with van der Waals surface area (Å²) in [5, 5.41) is 7.54. The molecule has 3 aromatic carbocycles. The van der Waals surface area contributed by atoms with Crippen molar-refractivity contribution in [2.24, 2.45) is 0 Å². The molecular weight excluding hydrogens is 462 g/mol. The molecule has 0 saturated carbocycles. The number of rotatable bonds is 6. The Balaban J connectivity index is 1.71. The summed E-state index contributed by atoms with van der Waals surface area (Å²) in [6.07, 6.45) is 0. The smallest absolute Gasteiger partial charge is 0.307 e. The Bertz CT molecular complexity index is 1270. The topological polar surface area (TPSA) is 54.0 Å². The molecule has 0 aliphatic rings. The largest absolute Gasteiger partial charge is 0.324 e. The van der Waals surface area contributed by atoms with Crippen molar-refractivity contribution < 1.29 is 4.79 Å². The SMILES string of the molecule is CC(C)c1cccc(C(C)C)c1NC(=O)Nc1nc(-c2ccccc2)sc1-c1ccccc1Cl. The molecule has 2 N–H and O–H groups in total. The van der Waals surface area contributed by atoms with Crippen LogP contribution in [-0.2, 0) is 0 Å². The van der Waals surface area contributed by atoms with Gasteiger partial charge < -0.3 is 5.32 Å². The fourth-order valence-corrected chi connectivity index (χ4v) is 5.24. The van der Waals surface area contributed by atoms with E-state index in [-0.39, 0.29) is 17.9 Å². The van der Waals surface area contributed by atoms with Gasteiger partial charge in [-0.25, -0.2) is 9.78 Å². The summed E-state index contributed by atoms with van der Waals surface area (Å²) in [5.41, 5.74) is 4.90. The molecule has 0 fully saturated rings. The average molecular weight is 490 g/mol. The van der Waals surface area contributed by atoms with E-state index < -0.39 is 0 Å². The summed E-state index contributed by atoms with van der Waals surface area (Å²) in [7, 11) is 0. The second kappa shape index (κ2) is 10.4. The van der Waals surface area contributed by atoms with Crippen LogP contribution >= 0.6 is 22.9 Å². The minimum atomic E-state index is -0.326. The van der Waals surface area contributed by atoms with Crippen LogP contribution in [0, 0.1) is 0 Å². The Morgan fingerprint density at radius 3 is 2.06 bits per heavy atom. The highest BCUT2D eigenvalue weighted by Gasteiger charge is 2.20. The van der Waals surface area contributed by atoms with Crippen LogP contribution in [0.5, 0.6) is 0 Å². The Morgan fingerprint density at radius 1 is 0.824 bits per heavy atom. The van der Waals surface area contributed by atoms with Crippen molar-refractivity contribution in [2.45, 2.75) is 39.5 Å². The van der Waals surface area contributed by atoms with E-state index in [4.69, 9.17) is 16.6 Å². The first-order chi connectivity index (χ1) is 16.3. The number of carbonyl (C=O) groups is 1. The minimum absolute atomic E-state index is 0.275. The molecule has 0 bridgehead atoms. The molecule has 4 aromatic rings. The summed E-state index contributed by atoms with van der Waals surface area (Å²) in [6.45, 7) is 8.52. The number of aromatic nitrogens is 1. The third kappa shape index (κ3) is 5.16. The zero-order chi connectivity index (χ0) is 24.2. The molecule has 0 aliphatic heterocycles. The van der Waals surface area contributed by atoms with Crippen LogP contribution in [0.1, 0.15) is 50.7 Å². The number of nitrogens with one attached hydrogen (secondary N) is 2. The van der Waals surface area contributed by atoms with Crippen LogP contribution in [0.15, 0.2) is 72.8 Å². The van der Waals surface area contributed by atoms with Gasteiger partial charge in [0.15, 0.2) is 5.82 Å². The van der Waals surface area contributed by atoms with Crippen molar-refractivity contribution in [3.8, 4) is 21.0 Å². The van der Waals surface area contributed by atoms with Crippen LogP contribution in [0.2, 0.25) is 5.02 Å². The molecule has 4 nitrogen and oxygen atoms in total. The molecule has 0 spiro atoms. The van der Waals surface area contributed by atoms with E-state index in [1.54, 1.807) is 0 Å². The lowest BCUT2D eigenvalue weighted by Crippen LogP contribution is -2.22. The molecule has 174 valence electrons. The highest BCUT2D eigenvalue weighted by atomic mass is 35.5. The molecule has 0 atom stereocenters. The van der Waals surface area contributed by atoms with Gasteiger partial charge in [-0.15, -0.1) is 11.3 Å². The maximum absolute atomic E-state index is 13.3. The molecule has 1 aromatic heterocycles. The lowest BCUT2D eigenvalue weighted by atomic mass is 9.93. The van der Waals surface area contributed by atoms with Crippen molar-refractivity contribution in [1.82, 2.24) is 4.98 Å². The second-order valence-electron chi connectivity index (χ2n) is 8.74. The van der Waals surface area contributed by atoms with Crippen molar-refractivity contribution in [3.63, 3.8) is 0 Å². The van der Waals surface area contributed by atoms with Gasteiger partial charge in [0.2, 0.25) is 0 Å². The summed E-state index contributed by atoms with van der Waals surface area (Å²) in [5.74, 6) is 1.04. The Kier molecular flexibility index (Phi) is 7.35. The number of amides is 2. The van der Waals surface area contributed by atoms with Gasteiger partial charge in [0.05, 0.1) is 4.88 Å². The van der Waals surface area contributed by atoms with Crippen LogP contribution in [0.25, 0.3) is 21.0 Å². The molecule has 4 rings (SSSR count). The van der Waals surface area contributed by atoms with E-state index in [9.17, 15) is 4.79 Å². The van der Waals surface area contributed by atoms with Crippen LogP contribution in [-0.4, -0.2) is 11.0 Å². The lowest BCUT2D eigenvalue weighted by molar-refractivity contribution is 0.262. The fourth-order valence-electron chi connectivity index (χ4n) is 3.88. The summed E-state index contributed by atoms with van der Waals surface area (Å²) < 4.78 is 0. The number of hydrogen-bond donors (Lipinski definition) is 2. The van der Waals surface area contributed by atoms with Crippen molar-refractivity contribution >= 4 is 40.5 Å². The van der Waals surface area contributed by atoms with Crippen molar-refractivity contribution in [1.29, 1.82) is 0 Å². The number of anilines is 2. The molecule has 2 amide bonds. The number of nitrogens with zero attached hydrogens (tertiary/aromatic N) is 1. The van der Waals surface area contributed by atoms with E-state index in [1.165, 1.54) is 11.3 Å². The molecule has 0 aliphatic carbocycles. The maximum Gasteiger partial charge on any atom is 0.324 e. The Labute approximate surface area is 210 Å². The number of hydrogen-bond acceptors (Lipinski definition) is 3.